The lowest BCUT2D eigenvalue weighted by Crippen LogP contribution is -2.26. The van der Waals surface area contributed by atoms with Crippen molar-refractivity contribution < 1.29 is 5.11 Å². The molecule has 0 bridgehead atoms. The van der Waals surface area contributed by atoms with E-state index < -0.39 is 5.60 Å². The highest BCUT2D eigenvalue weighted by atomic mass is 35.5. The molecule has 1 aliphatic carbocycles. The second-order valence-electron chi connectivity index (χ2n) is 3.65. The van der Waals surface area contributed by atoms with Crippen LogP contribution in [-0.4, -0.2) is 16.6 Å². The van der Waals surface area contributed by atoms with Crippen molar-refractivity contribution in [1.82, 2.24) is 0 Å². The van der Waals surface area contributed by atoms with E-state index in [9.17, 15) is 5.11 Å². The van der Waals surface area contributed by atoms with E-state index in [0.29, 0.717) is 11.8 Å². The van der Waals surface area contributed by atoms with Gasteiger partial charge in [0.25, 0.3) is 0 Å². The summed E-state index contributed by atoms with van der Waals surface area (Å²) in [4.78, 5) is 0. The van der Waals surface area contributed by atoms with Crippen LogP contribution in [0.4, 0.5) is 0 Å². The standard InChI is InChI=1S/C10H15ClO/c1-8(7-11)9-3-5-10(2,12)6-4-9/h3,5,9,12H,1,4,6-7H2,2H3/t9-,10-/m0/s1. The third-order valence-electron chi connectivity index (χ3n) is 2.35. The molecule has 68 valence electrons. The van der Waals surface area contributed by atoms with Gasteiger partial charge in [0.05, 0.1) is 5.60 Å². The maximum Gasteiger partial charge on any atom is 0.0800 e. The van der Waals surface area contributed by atoms with Gasteiger partial charge in [-0.25, -0.2) is 0 Å². The molecule has 12 heavy (non-hydrogen) atoms. The van der Waals surface area contributed by atoms with Gasteiger partial charge in [-0.05, 0) is 25.7 Å². The van der Waals surface area contributed by atoms with Crippen LogP contribution in [0.1, 0.15) is 19.8 Å². The van der Waals surface area contributed by atoms with Crippen molar-refractivity contribution in [2.45, 2.75) is 25.4 Å². The zero-order chi connectivity index (χ0) is 9.19. The number of rotatable bonds is 2. The average molecular weight is 187 g/mol. The lowest BCUT2D eigenvalue weighted by atomic mass is 9.83. The zero-order valence-corrected chi connectivity index (χ0v) is 8.14. The lowest BCUT2D eigenvalue weighted by Gasteiger charge is -2.27. The highest BCUT2D eigenvalue weighted by Gasteiger charge is 2.23. The highest BCUT2D eigenvalue weighted by Crippen LogP contribution is 2.29. The molecule has 0 aliphatic heterocycles. The summed E-state index contributed by atoms with van der Waals surface area (Å²) >= 11 is 5.66. The van der Waals surface area contributed by atoms with E-state index in [2.05, 4.69) is 6.58 Å². The molecule has 0 radical (unpaired) electrons. The van der Waals surface area contributed by atoms with Crippen LogP contribution in [0.5, 0.6) is 0 Å². The van der Waals surface area contributed by atoms with Gasteiger partial charge < -0.3 is 5.11 Å². The number of hydrogen-bond acceptors (Lipinski definition) is 1. The summed E-state index contributed by atoms with van der Waals surface area (Å²) in [6, 6.07) is 0. The molecule has 1 nitrogen and oxygen atoms in total. The molecular weight excluding hydrogens is 172 g/mol. The number of allylic oxidation sites excluding steroid dienone is 2. The van der Waals surface area contributed by atoms with Gasteiger partial charge in [0, 0.05) is 5.88 Å². The Morgan fingerprint density at radius 1 is 1.83 bits per heavy atom. The Hall–Kier alpha value is -0.270. The molecule has 2 heteroatoms. The largest absolute Gasteiger partial charge is 0.386 e. The summed E-state index contributed by atoms with van der Waals surface area (Å²) in [6.07, 6.45) is 5.60. The van der Waals surface area contributed by atoms with E-state index >= 15 is 0 Å². The first kappa shape index (κ1) is 9.82. The van der Waals surface area contributed by atoms with Gasteiger partial charge in [-0.3, -0.25) is 0 Å². The van der Waals surface area contributed by atoms with Crippen LogP contribution >= 0.6 is 11.6 Å². The van der Waals surface area contributed by atoms with Crippen molar-refractivity contribution in [1.29, 1.82) is 0 Å². The Morgan fingerprint density at radius 3 is 2.92 bits per heavy atom. The molecule has 0 amide bonds. The lowest BCUT2D eigenvalue weighted by molar-refractivity contribution is 0.0903. The maximum atomic E-state index is 9.60. The van der Waals surface area contributed by atoms with Gasteiger partial charge in [-0.15, -0.1) is 11.6 Å². The van der Waals surface area contributed by atoms with Gasteiger partial charge >= 0.3 is 0 Å². The van der Waals surface area contributed by atoms with Crippen molar-refractivity contribution in [2.75, 3.05) is 5.88 Å². The van der Waals surface area contributed by atoms with Crippen LogP contribution in [0.2, 0.25) is 0 Å². The molecule has 1 aliphatic rings. The first-order valence-electron chi connectivity index (χ1n) is 4.20. The van der Waals surface area contributed by atoms with Crippen molar-refractivity contribution in [3.8, 4) is 0 Å². The predicted octanol–water partition coefficient (Wildman–Crippen LogP) is 2.50. The highest BCUT2D eigenvalue weighted by molar-refractivity contribution is 6.19. The van der Waals surface area contributed by atoms with Crippen LogP contribution in [0.3, 0.4) is 0 Å². The molecule has 2 atom stereocenters. The Labute approximate surface area is 78.7 Å². The third-order valence-corrected chi connectivity index (χ3v) is 2.69. The Balaban J connectivity index is 2.60. The molecule has 0 saturated carbocycles. The van der Waals surface area contributed by atoms with Gasteiger partial charge in [0.2, 0.25) is 0 Å². The topological polar surface area (TPSA) is 20.2 Å². The molecular formula is C10H15ClO. The van der Waals surface area contributed by atoms with Gasteiger partial charge in [-0.2, -0.15) is 0 Å². The SMILES string of the molecule is C=C(CCl)[C@H]1C=C[C@](C)(O)CC1. The minimum atomic E-state index is -0.622. The second kappa shape index (κ2) is 3.63. The number of hydrogen-bond donors (Lipinski definition) is 1. The molecule has 0 aromatic rings. The van der Waals surface area contributed by atoms with Crippen molar-refractivity contribution in [2.24, 2.45) is 5.92 Å². The van der Waals surface area contributed by atoms with E-state index in [-0.39, 0.29) is 0 Å². The van der Waals surface area contributed by atoms with Crippen LogP contribution in [0.25, 0.3) is 0 Å². The fourth-order valence-corrected chi connectivity index (χ4v) is 1.59. The van der Waals surface area contributed by atoms with Crippen molar-refractivity contribution in [3.05, 3.63) is 24.3 Å². The van der Waals surface area contributed by atoms with Crippen LogP contribution in [0.15, 0.2) is 24.3 Å². The smallest absolute Gasteiger partial charge is 0.0800 e. The van der Waals surface area contributed by atoms with Crippen molar-refractivity contribution >= 4 is 11.6 Å². The molecule has 0 aromatic heterocycles. The van der Waals surface area contributed by atoms with Crippen LogP contribution in [0, 0.1) is 5.92 Å². The molecule has 1 N–H and O–H groups in total. The fraction of sp³-hybridized carbons (Fsp3) is 0.600. The van der Waals surface area contributed by atoms with E-state index in [1.807, 2.05) is 19.1 Å². The molecule has 0 fully saturated rings. The molecule has 0 heterocycles. The summed E-state index contributed by atoms with van der Waals surface area (Å²) < 4.78 is 0. The maximum absolute atomic E-state index is 9.60. The van der Waals surface area contributed by atoms with E-state index in [1.54, 1.807) is 0 Å². The minimum absolute atomic E-state index is 0.364. The predicted molar refractivity (Wildman–Crippen MR) is 52.3 cm³/mol. The number of aliphatic hydroxyl groups is 1. The third kappa shape index (κ3) is 2.36. The van der Waals surface area contributed by atoms with E-state index in [1.165, 1.54) is 0 Å². The summed E-state index contributed by atoms with van der Waals surface area (Å²) in [6.45, 7) is 5.70. The summed E-state index contributed by atoms with van der Waals surface area (Å²) in [7, 11) is 0. The quantitative estimate of drug-likeness (QED) is 0.519. The molecule has 0 unspecified atom stereocenters. The molecule has 1 rings (SSSR count). The normalized spacial score (nSPS) is 35.1. The minimum Gasteiger partial charge on any atom is -0.386 e. The van der Waals surface area contributed by atoms with Gasteiger partial charge in [0.15, 0.2) is 0 Å². The molecule has 0 spiro atoms. The second-order valence-corrected chi connectivity index (χ2v) is 3.92. The fourth-order valence-electron chi connectivity index (χ4n) is 1.39. The monoisotopic (exact) mass is 186 g/mol. The summed E-state index contributed by atoms with van der Waals surface area (Å²) in [5, 5.41) is 9.60. The van der Waals surface area contributed by atoms with Crippen molar-refractivity contribution in [3.63, 3.8) is 0 Å². The first-order chi connectivity index (χ1) is 5.55. The Morgan fingerprint density at radius 2 is 2.50 bits per heavy atom. The zero-order valence-electron chi connectivity index (χ0n) is 7.39. The van der Waals surface area contributed by atoms with Crippen LogP contribution in [-0.2, 0) is 0 Å². The van der Waals surface area contributed by atoms with E-state index in [4.69, 9.17) is 11.6 Å². The Bertz CT molecular complexity index is 206. The van der Waals surface area contributed by atoms with Gasteiger partial charge in [0.1, 0.15) is 0 Å². The van der Waals surface area contributed by atoms with E-state index in [0.717, 1.165) is 18.4 Å². The molecule has 0 saturated heterocycles. The number of halogens is 1. The first-order valence-corrected chi connectivity index (χ1v) is 4.74. The summed E-state index contributed by atoms with van der Waals surface area (Å²) in [5.74, 6) is 0.875. The Kier molecular flexibility index (Phi) is 2.97. The van der Waals surface area contributed by atoms with Crippen LogP contribution < -0.4 is 0 Å². The summed E-state index contributed by atoms with van der Waals surface area (Å²) in [5.41, 5.74) is 0.423. The molecule has 0 aromatic carbocycles. The number of alkyl halides is 1. The average Bonchev–Trinajstić information content (AvgIpc) is 2.03. The van der Waals surface area contributed by atoms with Gasteiger partial charge in [-0.1, -0.05) is 24.3 Å².